The average molecular weight is 212 g/mol. The van der Waals surface area contributed by atoms with Gasteiger partial charge in [0.05, 0.1) is 6.07 Å². The lowest BCUT2D eigenvalue weighted by molar-refractivity contribution is -0.401. The largest absolute Gasteiger partial charge is 0.433 e. The minimum atomic E-state index is -0.617. The van der Waals surface area contributed by atoms with Crippen molar-refractivity contribution in [2.24, 2.45) is 0 Å². The molecule has 0 bridgehead atoms. The molecule has 0 radical (unpaired) electrons. The number of nitrogens with zero attached hydrogens (tertiary/aromatic N) is 3. The number of furan rings is 1. The Morgan fingerprint density at radius 3 is 2.79 bits per heavy atom. The molecule has 2 aromatic heterocycles. The molecule has 2 N–H and O–H groups in total. The topological polar surface area (TPSA) is 108 Å². The monoisotopic (exact) mass is 212 g/mol. The number of rotatable bonds is 2. The van der Waals surface area contributed by atoms with Gasteiger partial charge in [0, 0.05) is 0 Å². The third kappa shape index (κ3) is 1.42. The summed E-state index contributed by atoms with van der Waals surface area (Å²) in [7, 11) is 0. The summed E-state index contributed by atoms with van der Waals surface area (Å²) in [4.78, 5) is 9.69. The van der Waals surface area contributed by atoms with Crippen molar-refractivity contribution in [3.8, 4) is 10.8 Å². The van der Waals surface area contributed by atoms with Gasteiger partial charge < -0.3 is 10.2 Å². The minimum Gasteiger partial charge on any atom is -0.398 e. The molecule has 0 aromatic carbocycles. The van der Waals surface area contributed by atoms with Gasteiger partial charge in [0.15, 0.2) is 10.8 Å². The van der Waals surface area contributed by atoms with Gasteiger partial charge >= 0.3 is 5.88 Å². The lowest BCUT2D eigenvalue weighted by Crippen LogP contribution is -1.82. The van der Waals surface area contributed by atoms with E-state index in [0.29, 0.717) is 15.9 Å². The van der Waals surface area contributed by atoms with Crippen molar-refractivity contribution >= 4 is 22.4 Å². The van der Waals surface area contributed by atoms with Crippen LogP contribution in [0.4, 0.5) is 11.0 Å². The van der Waals surface area contributed by atoms with E-state index in [1.807, 2.05) is 0 Å². The van der Waals surface area contributed by atoms with Gasteiger partial charge in [-0.1, -0.05) is 11.3 Å². The van der Waals surface area contributed by atoms with Gasteiger partial charge in [0.1, 0.15) is 4.92 Å². The molecule has 14 heavy (non-hydrogen) atoms. The molecule has 8 heteroatoms. The number of nitro groups is 1. The average Bonchev–Trinajstić information content (AvgIpc) is 2.70. The summed E-state index contributed by atoms with van der Waals surface area (Å²) in [6, 6.07) is 2.71. The van der Waals surface area contributed by atoms with Crippen molar-refractivity contribution in [3.05, 3.63) is 22.2 Å². The summed E-state index contributed by atoms with van der Waals surface area (Å²) in [5, 5.41) is 18.3. The van der Waals surface area contributed by atoms with Crippen LogP contribution in [-0.4, -0.2) is 15.1 Å². The highest BCUT2D eigenvalue weighted by molar-refractivity contribution is 7.18. The molecule has 0 amide bonds. The number of hydrogen-bond acceptors (Lipinski definition) is 7. The van der Waals surface area contributed by atoms with Gasteiger partial charge in [-0.05, 0) is 6.07 Å². The zero-order valence-corrected chi connectivity index (χ0v) is 7.52. The van der Waals surface area contributed by atoms with Crippen LogP contribution in [0, 0.1) is 10.1 Å². The van der Waals surface area contributed by atoms with Crippen molar-refractivity contribution in [2.45, 2.75) is 0 Å². The van der Waals surface area contributed by atoms with Gasteiger partial charge in [-0.25, -0.2) is 0 Å². The standard InChI is InChI=1S/C6H4N4O3S/c7-6-9-8-5(14-6)3-1-2-4(13-3)10(11)12/h1-2H,(H2,7,9). The third-order valence-corrected chi connectivity index (χ3v) is 2.19. The Kier molecular flexibility index (Phi) is 1.89. The Morgan fingerprint density at radius 1 is 1.50 bits per heavy atom. The third-order valence-electron chi connectivity index (χ3n) is 1.42. The van der Waals surface area contributed by atoms with Gasteiger partial charge in [-0.15, -0.1) is 10.2 Å². The van der Waals surface area contributed by atoms with Gasteiger partial charge in [-0.2, -0.15) is 0 Å². The highest BCUT2D eigenvalue weighted by Gasteiger charge is 2.15. The first kappa shape index (κ1) is 8.63. The molecule has 0 spiro atoms. The highest BCUT2D eigenvalue weighted by Crippen LogP contribution is 2.28. The van der Waals surface area contributed by atoms with Gasteiger partial charge in [-0.3, -0.25) is 10.1 Å². The van der Waals surface area contributed by atoms with Crippen LogP contribution < -0.4 is 5.73 Å². The number of nitrogen functional groups attached to an aromatic ring is 1. The van der Waals surface area contributed by atoms with Crippen LogP contribution in [-0.2, 0) is 0 Å². The Labute approximate surface area is 81.3 Å². The molecular formula is C6H4N4O3S. The van der Waals surface area contributed by atoms with Crippen molar-refractivity contribution in [2.75, 3.05) is 5.73 Å². The number of hydrogen-bond donors (Lipinski definition) is 1. The SMILES string of the molecule is Nc1nnc(-c2ccc([N+](=O)[O-])o2)s1. The van der Waals surface area contributed by atoms with Crippen molar-refractivity contribution in [3.63, 3.8) is 0 Å². The number of anilines is 1. The Bertz CT molecular complexity index is 477. The fraction of sp³-hybridized carbons (Fsp3) is 0. The molecular weight excluding hydrogens is 208 g/mol. The summed E-state index contributed by atoms with van der Waals surface area (Å²) in [6.45, 7) is 0. The molecule has 0 aliphatic rings. The maximum atomic E-state index is 10.3. The quantitative estimate of drug-likeness (QED) is 0.593. The fourth-order valence-corrected chi connectivity index (χ4v) is 1.45. The van der Waals surface area contributed by atoms with E-state index in [2.05, 4.69) is 10.2 Å². The van der Waals surface area contributed by atoms with E-state index < -0.39 is 4.92 Å². The second kappa shape index (κ2) is 3.07. The van der Waals surface area contributed by atoms with E-state index >= 15 is 0 Å². The summed E-state index contributed by atoms with van der Waals surface area (Å²) in [5.41, 5.74) is 5.35. The van der Waals surface area contributed by atoms with Crippen LogP contribution in [0.15, 0.2) is 16.5 Å². The van der Waals surface area contributed by atoms with Crippen LogP contribution in [0.3, 0.4) is 0 Å². The first-order valence-electron chi connectivity index (χ1n) is 3.50. The highest BCUT2D eigenvalue weighted by atomic mass is 32.1. The zero-order valence-electron chi connectivity index (χ0n) is 6.71. The predicted molar refractivity (Wildman–Crippen MR) is 48.7 cm³/mol. The summed E-state index contributed by atoms with van der Waals surface area (Å²) in [6.07, 6.45) is 0. The van der Waals surface area contributed by atoms with Crippen LogP contribution in [0.2, 0.25) is 0 Å². The normalized spacial score (nSPS) is 10.3. The molecule has 2 heterocycles. The van der Waals surface area contributed by atoms with Crippen molar-refractivity contribution in [1.29, 1.82) is 0 Å². The summed E-state index contributed by atoms with van der Waals surface area (Å²) >= 11 is 1.11. The maximum Gasteiger partial charge on any atom is 0.433 e. The summed E-state index contributed by atoms with van der Waals surface area (Å²) < 4.78 is 4.90. The van der Waals surface area contributed by atoms with Gasteiger partial charge in [0.2, 0.25) is 5.13 Å². The molecule has 0 aliphatic carbocycles. The molecule has 72 valence electrons. The molecule has 0 saturated heterocycles. The predicted octanol–water partition coefficient (Wildman–Crippen LogP) is 1.29. The molecule has 0 aliphatic heterocycles. The molecule has 7 nitrogen and oxygen atoms in total. The van der Waals surface area contributed by atoms with E-state index in [4.69, 9.17) is 10.2 Å². The number of aromatic nitrogens is 2. The Balaban J connectivity index is 2.38. The van der Waals surface area contributed by atoms with E-state index in [0.717, 1.165) is 11.3 Å². The number of nitrogens with two attached hydrogens (primary N) is 1. The molecule has 0 saturated carbocycles. The maximum absolute atomic E-state index is 10.3. The second-order valence-corrected chi connectivity index (χ2v) is 3.35. The van der Waals surface area contributed by atoms with Crippen LogP contribution in [0.25, 0.3) is 10.8 Å². The van der Waals surface area contributed by atoms with Crippen molar-refractivity contribution < 1.29 is 9.34 Å². The smallest absolute Gasteiger partial charge is 0.398 e. The molecule has 0 atom stereocenters. The minimum absolute atomic E-state index is 0.291. The first-order chi connectivity index (χ1) is 6.66. The summed E-state index contributed by atoms with van der Waals surface area (Å²) in [5.74, 6) is -0.0281. The Morgan fingerprint density at radius 2 is 2.29 bits per heavy atom. The molecule has 0 unspecified atom stereocenters. The van der Waals surface area contributed by atoms with Crippen LogP contribution in [0.5, 0.6) is 0 Å². The van der Waals surface area contributed by atoms with Crippen LogP contribution >= 0.6 is 11.3 Å². The van der Waals surface area contributed by atoms with Crippen molar-refractivity contribution in [1.82, 2.24) is 10.2 Å². The first-order valence-corrected chi connectivity index (χ1v) is 4.32. The molecule has 2 aromatic rings. The molecule has 0 fully saturated rings. The zero-order chi connectivity index (χ0) is 10.1. The molecule has 2 rings (SSSR count). The van der Waals surface area contributed by atoms with E-state index in [1.54, 1.807) is 0 Å². The van der Waals surface area contributed by atoms with Gasteiger partial charge in [0.25, 0.3) is 0 Å². The van der Waals surface area contributed by atoms with Crippen LogP contribution in [0.1, 0.15) is 0 Å². The van der Waals surface area contributed by atoms with E-state index in [-0.39, 0.29) is 5.88 Å². The fourth-order valence-electron chi connectivity index (χ4n) is 0.875. The lowest BCUT2D eigenvalue weighted by atomic mass is 10.5. The van der Waals surface area contributed by atoms with E-state index in [9.17, 15) is 10.1 Å². The second-order valence-electron chi connectivity index (χ2n) is 2.34. The van der Waals surface area contributed by atoms with E-state index in [1.165, 1.54) is 12.1 Å². The lowest BCUT2D eigenvalue weighted by Gasteiger charge is -1.84. The Hall–Kier alpha value is -1.96.